The largest absolute Gasteiger partial charge is 0.345 e. The van der Waals surface area contributed by atoms with Gasteiger partial charge in [0, 0.05) is 24.5 Å². The maximum atomic E-state index is 12.6. The molecule has 0 aliphatic carbocycles. The Morgan fingerprint density at radius 3 is 2.95 bits per heavy atom. The first-order valence-electron chi connectivity index (χ1n) is 7.61. The number of para-hydroxylation sites is 1. The molecule has 1 saturated heterocycles. The average Bonchev–Trinajstić information content (AvgIpc) is 2.82. The normalized spacial score (nSPS) is 19.1. The monoisotopic (exact) mass is 301 g/mol. The van der Waals surface area contributed by atoms with Crippen LogP contribution in [0, 0.1) is 16.0 Å². The molecule has 3 rings (SSSR count). The van der Waals surface area contributed by atoms with Crippen molar-refractivity contribution in [3.8, 4) is 0 Å². The summed E-state index contributed by atoms with van der Waals surface area (Å²) in [6.07, 6.45) is 3.15. The van der Waals surface area contributed by atoms with Crippen LogP contribution in [0.4, 0.5) is 5.69 Å². The molecule has 2 heterocycles. The second-order valence-electron chi connectivity index (χ2n) is 6.01. The van der Waals surface area contributed by atoms with Crippen molar-refractivity contribution < 1.29 is 9.72 Å². The summed E-state index contributed by atoms with van der Waals surface area (Å²) in [6.45, 7) is 3.71. The topological polar surface area (TPSA) is 79.2 Å². The molecular weight excluding hydrogens is 282 g/mol. The van der Waals surface area contributed by atoms with E-state index >= 15 is 0 Å². The van der Waals surface area contributed by atoms with E-state index in [0.717, 1.165) is 32.4 Å². The van der Waals surface area contributed by atoms with Gasteiger partial charge in [-0.05, 0) is 31.2 Å². The number of aromatic amines is 1. The van der Waals surface area contributed by atoms with Crippen LogP contribution in [0.1, 0.15) is 36.7 Å². The molecule has 1 atom stereocenters. The van der Waals surface area contributed by atoms with Crippen LogP contribution >= 0.6 is 0 Å². The highest BCUT2D eigenvalue weighted by atomic mass is 16.6. The van der Waals surface area contributed by atoms with Gasteiger partial charge in [0.1, 0.15) is 11.2 Å². The van der Waals surface area contributed by atoms with Gasteiger partial charge in [0.05, 0.1) is 4.92 Å². The van der Waals surface area contributed by atoms with E-state index in [1.54, 1.807) is 18.2 Å². The number of nitro groups is 1. The summed E-state index contributed by atoms with van der Waals surface area (Å²) in [7, 11) is 0. The molecule has 0 spiro atoms. The number of hydrogen-bond acceptors (Lipinski definition) is 3. The molecule has 1 unspecified atom stereocenters. The third-order valence-corrected chi connectivity index (χ3v) is 4.37. The molecule has 6 nitrogen and oxygen atoms in total. The van der Waals surface area contributed by atoms with Crippen molar-refractivity contribution in [2.24, 2.45) is 5.92 Å². The van der Waals surface area contributed by atoms with Crippen molar-refractivity contribution in [2.75, 3.05) is 13.1 Å². The van der Waals surface area contributed by atoms with Gasteiger partial charge in [-0.2, -0.15) is 0 Å². The second kappa shape index (κ2) is 5.79. The highest BCUT2D eigenvalue weighted by Gasteiger charge is 2.22. The summed E-state index contributed by atoms with van der Waals surface area (Å²) < 4.78 is 0. The number of nitrogens with one attached hydrogen (secondary N) is 1. The lowest BCUT2D eigenvalue weighted by atomic mass is 10.0. The first-order valence-corrected chi connectivity index (χ1v) is 7.61. The third kappa shape index (κ3) is 2.68. The summed E-state index contributed by atoms with van der Waals surface area (Å²) in [4.78, 5) is 28.1. The molecule has 1 aliphatic rings. The zero-order valence-electron chi connectivity index (χ0n) is 12.5. The van der Waals surface area contributed by atoms with E-state index < -0.39 is 4.92 Å². The zero-order valence-corrected chi connectivity index (χ0v) is 12.5. The summed E-state index contributed by atoms with van der Waals surface area (Å²) in [6, 6.07) is 6.57. The number of nitro benzene ring substituents is 1. The fourth-order valence-corrected chi connectivity index (χ4v) is 3.04. The standard InChI is InChI=1S/C16H19N3O3/c1-11-4-3-8-18(9-7-11)16(20)13-10-12-5-2-6-14(19(21)22)15(12)17-13/h2,5-6,10-11,17H,3-4,7-9H2,1H3. The van der Waals surface area contributed by atoms with Crippen LogP contribution in [-0.2, 0) is 0 Å². The summed E-state index contributed by atoms with van der Waals surface area (Å²) >= 11 is 0. The van der Waals surface area contributed by atoms with E-state index in [1.807, 2.05) is 4.90 Å². The van der Waals surface area contributed by atoms with Crippen LogP contribution < -0.4 is 0 Å². The number of hydrogen-bond donors (Lipinski definition) is 1. The Balaban J connectivity index is 1.91. The summed E-state index contributed by atoms with van der Waals surface area (Å²) in [5.74, 6) is 0.571. The van der Waals surface area contributed by atoms with Gasteiger partial charge in [-0.3, -0.25) is 14.9 Å². The maximum absolute atomic E-state index is 12.6. The number of benzene rings is 1. The molecule has 1 amide bonds. The van der Waals surface area contributed by atoms with Gasteiger partial charge in [-0.25, -0.2) is 0 Å². The fourth-order valence-electron chi connectivity index (χ4n) is 3.04. The van der Waals surface area contributed by atoms with Crippen molar-refractivity contribution in [3.63, 3.8) is 0 Å². The van der Waals surface area contributed by atoms with Crippen LogP contribution in [0.2, 0.25) is 0 Å². The number of amides is 1. The minimum absolute atomic E-state index is 0.000962. The van der Waals surface area contributed by atoms with Gasteiger partial charge in [0.2, 0.25) is 0 Å². The van der Waals surface area contributed by atoms with Gasteiger partial charge in [-0.15, -0.1) is 0 Å². The molecule has 0 saturated carbocycles. The van der Waals surface area contributed by atoms with Crippen molar-refractivity contribution in [1.29, 1.82) is 0 Å². The predicted molar refractivity (Wildman–Crippen MR) is 83.9 cm³/mol. The molecule has 6 heteroatoms. The zero-order chi connectivity index (χ0) is 15.7. The average molecular weight is 301 g/mol. The van der Waals surface area contributed by atoms with E-state index in [4.69, 9.17) is 0 Å². The van der Waals surface area contributed by atoms with E-state index in [2.05, 4.69) is 11.9 Å². The maximum Gasteiger partial charge on any atom is 0.293 e. The molecule has 2 aromatic rings. The number of carbonyl (C=O) groups is 1. The minimum atomic E-state index is -0.430. The molecule has 1 aliphatic heterocycles. The number of H-pyrrole nitrogens is 1. The molecule has 1 N–H and O–H groups in total. The number of aromatic nitrogens is 1. The minimum Gasteiger partial charge on any atom is -0.345 e. The fraction of sp³-hybridized carbons (Fsp3) is 0.438. The number of nitrogens with zero attached hydrogens (tertiary/aromatic N) is 2. The van der Waals surface area contributed by atoms with Gasteiger partial charge in [0.15, 0.2) is 0 Å². The Morgan fingerprint density at radius 1 is 1.36 bits per heavy atom. The van der Waals surface area contributed by atoms with Gasteiger partial charge in [0.25, 0.3) is 11.6 Å². The lowest BCUT2D eigenvalue weighted by Crippen LogP contribution is -2.32. The predicted octanol–water partition coefficient (Wildman–Crippen LogP) is 3.34. The van der Waals surface area contributed by atoms with E-state index in [1.165, 1.54) is 6.07 Å². The number of rotatable bonds is 2. The Labute approximate surface area is 128 Å². The second-order valence-corrected chi connectivity index (χ2v) is 6.01. The van der Waals surface area contributed by atoms with Crippen molar-refractivity contribution in [1.82, 2.24) is 9.88 Å². The van der Waals surface area contributed by atoms with E-state index in [-0.39, 0.29) is 11.6 Å². The molecule has 1 aromatic carbocycles. The summed E-state index contributed by atoms with van der Waals surface area (Å²) in [5, 5.41) is 11.8. The molecule has 0 radical (unpaired) electrons. The number of carbonyl (C=O) groups excluding carboxylic acids is 1. The van der Waals surface area contributed by atoms with Gasteiger partial charge in [-0.1, -0.05) is 19.1 Å². The van der Waals surface area contributed by atoms with Gasteiger partial charge < -0.3 is 9.88 Å². The number of non-ortho nitro benzene ring substituents is 1. The molecule has 1 aromatic heterocycles. The lowest BCUT2D eigenvalue weighted by Gasteiger charge is -2.19. The Morgan fingerprint density at radius 2 is 2.18 bits per heavy atom. The number of fused-ring (bicyclic) bond motifs is 1. The first-order chi connectivity index (χ1) is 10.6. The third-order valence-electron chi connectivity index (χ3n) is 4.37. The Bertz CT molecular complexity index is 722. The Kier molecular flexibility index (Phi) is 3.83. The SMILES string of the molecule is CC1CCCN(C(=O)c2cc3cccc([N+](=O)[O-])c3[nH]2)CC1. The molecule has 1 fully saturated rings. The highest BCUT2D eigenvalue weighted by Crippen LogP contribution is 2.26. The first kappa shape index (κ1) is 14.6. The quantitative estimate of drug-likeness (QED) is 0.682. The van der Waals surface area contributed by atoms with Crippen molar-refractivity contribution in [3.05, 3.63) is 40.1 Å². The van der Waals surface area contributed by atoms with Crippen LogP contribution in [0.15, 0.2) is 24.3 Å². The smallest absolute Gasteiger partial charge is 0.293 e. The summed E-state index contributed by atoms with van der Waals surface area (Å²) in [5.41, 5.74) is 0.846. The van der Waals surface area contributed by atoms with Crippen molar-refractivity contribution in [2.45, 2.75) is 26.2 Å². The van der Waals surface area contributed by atoms with Crippen LogP contribution in [0.5, 0.6) is 0 Å². The van der Waals surface area contributed by atoms with Crippen molar-refractivity contribution >= 4 is 22.5 Å². The number of likely N-dealkylation sites (tertiary alicyclic amines) is 1. The van der Waals surface area contributed by atoms with E-state index in [9.17, 15) is 14.9 Å². The lowest BCUT2D eigenvalue weighted by molar-refractivity contribution is -0.383. The molecule has 22 heavy (non-hydrogen) atoms. The van der Waals surface area contributed by atoms with Gasteiger partial charge >= 0.3 is 0 Å². The highest BCUT2D eigenvalue weighted by molar-refractivity contribution is 6.00. The van der Waals surface area contributed by atoms with E-state index in [0.29, 0.717) is 22.5 Å². The van der Waals surface area contributed by atoms with Crippen LogP contribution in [0.25, 0.3) is 10.9 Å². The molecule has 116 valence electrons. The molecular formula is C16H19N3O3. The molecule has 0 bridgehead atoms. The van der Waals surface area contributed by atoms with Crippen LogP contribution in [-0.4, -0.2) is 33.8 Å². The Hall–Kier alpha value is -2.37. The van der Waals surface area contributed by atoms with Crippen LogP contribution in [0.3, 0.4) is 0 Å².